The molecule has 0 saturated carbocycles. The number of nitrogens with one attached hydrogen (secondary N) is 1. The molecular formula is C15H22BrClN2O2. The van der Waals surface area contributed by atoms with Crippen molar-refractivity contribution in [2.45, 2.75) is 13.8 Å². The summed E-state index contributed by atoms with van der Waals surface area (Å²) in [6.45, 7) is 8.87. The number of likely N-dealkylation sites (N-methyl/N-ethyl adjacent to an activating group) is 1. The summed E-state index contributed by atoms with van der Waals surface area (Å²) in [7, 11) is 0. The van der Waals surface area contributed by atoms with Crippen LogP contribution >= 0.6 is 27.5 Å². The van der Waals surface area contributed by atoms with Crippen molar-refractivity contribution in [3.63, 3.8) is 0 Å². The van der Waals surface area contributed by atoms with Gasteiger partial charge in [-0.3, -0.25) is 4.79 Å². The molecule has 6 heteroatoms. The van der Waals surface area contributed by atoms with E-state index >= 15 is 0 Å². The van der Waals surface area contributed by atoms with Crippen LogP contribution in [0.3, 0.4) is 0 Å². The highest BCUT2D eigenvalue weighted by Gasteiger charge is 2.10. The van der Waals surface area contributed by atoms with Crippen molar-refractivity contribution in [2.75, 3.05) is 39.4 Å². The molecule has 118 valence electrons. The second-order valence-corrected chi connectivity index (χ2v) is 5.84. The normalized spacial score (nSPS) is 10.9. The van der Waals surface area contributed by atoms with Crippen LogP contribution in [0.1, 0.15) is 24.2 Å². The molecule has 1 rings (SSSR count). The third-order valence-electron chi connectivity index (χ3n) is 3.15. The van der Waals surface area contributed by atoms with Crippen molar-refractivity contribution in [2.24, 2.45) is 0 Å². The van der Waals surface area contributed by atoms with Crippen LogP contribution in [0.15, 0.2) is 22.7 Å². The van der Waals surface area contributed by atoms with E-state index in [1.165, 1.54) is 0 Å². The predicted octanol–water partition coefficient (Wildman–Crippen LogP) is 3.19. The first-order chi connectivity index (χ1) is 10.1. The van der Waals surface area contributed by atoms with Gasteiger partial charge in [-0.15, -0.1) is 0 Å². The van der Waals surface area contributed by atoms with Gasteiger partial charge in [0.15, 0.2) is 0 Å². The van der Waals surface area contributed by atoms with Gasteiger partial charge in [0.2, 0.25) is 0 Å². The monoisotopic (exact) mass is 376 g/mol. The van der Waals surface area contributed by atoms with E-state index in [1.54, 1.807) is 18.2 Å². The van der Waals surface area contributed by atoms with E-state index in [1.807, 2.05) is 0 Å². The molecule has 0 saturated heterocycles. The maximum absolute atomic E-state index is 12.0. The van der Waals surface area contributed by atoms with Crippen molar-refractivity contribution in [1.82, 2.24) is 10.2 Å². The molecule has 0 aliphatic heterocycles. The zero-order valence-corrected chi connectivity index (χ0v) is 14.8. The minimum atomic E-state index is -0.186. The van der Waals surface area contributed by atoms with Crippen molar-refractivity contribution < 1.29 is 9.53 Å². The number of carbonyl (C=O) groups is 1. The summed E-state index contributed by atoms with van der Waals surface area (Å²) in [5.41, 5.74) is 0.467. The zero-order valence-electron chi connectivity index (χ0n) is 12.5. The standard InChI is InChI=1S/C15H22BrClN2O2/c1-3-19(4-2)8-10-21-9-7-18-15(20)13-11-12(16)5-6-14(13)17/h5-6,11H,3-4,7-10H2,1-2H3,(H,18,20). The second-order valence-electron chi connectivity index (χ2n) is 4.52. The van der Waals surface area contributed by atoms with Crippen molar-refractivity contribution in [1.29, 1.82) is 0 Å². The van der Waals surface area contributed by atoms with Crippen LogP contribution in [0.2, 0.25) is 5.02 Å². The molecular weight excluding hydrogens is 356 g/mol. The SMILES string of the molecule is CCN(CC)CCOCCNC(=O)c1cc(Br)ccc1Cl. The fourth-order valence-electron chi connectivity index (χ4n) is 1.84. The second kappa shape index (κ2) is 10.2. The molecule has 1 aromatic carbocycles. The molecule has 0 aliphatic rings. The number of nitrogens with zero attached hydrogens (tertiary/aromatic N) is 1. The maximum atomic E-state index is 12.0. The number of hydrogen-bond acceptors (Lipinski definition) is 3. The lowest BCUT2D eigenvalue weighted by Crippen LogP contribution is -2.30. The highest BCUT2D eigenvalue weighted by molar-refractivity contribution is 9.10. The number of halogens is 2. The van der Waals surface area contributed by atoms with Crippen LogP contribution in [0.5, 0.6) is 0 Å². The molecule has 1 N–H and O–H groups in total. The average molecular weight is 378 g/mol. The van der Waals surface area contributed by atoms with E-state index in [9.17, 15) is 4.79 Å². The lowest BCUT2D eigenvalue weighted by molar-refractivity contribution is 0.0884. The Kier molecular flexibility index (Phi) is 8.92. The number of carbonyl (C=O) groups excluding carboxylic acids is 1. The van der Waals surface area contributed by atoms with Crippen LogP contribution in [0, 0.1) is 0 Å². The third kappa shape index (κ3) is 6.78. The van der Waals surface area contributed by atoms with Gasteiger partial charge in [-0.1, -0.05) is 41.4 Å². The third-order valence-corrected chi connectivity index (χ3v) is 3.97. The van der Waals surface area contributed by atoms with Gasteiger partial charge in [-0.2, -0.15) is 0 Å². The van der Waals surface area contributed by atoms with Crippen LogP contribution in [-0.2, 0) is 4.74 Å². The Labute approximate surface area is 139 Å². The van der Waals surface area contributed by atoms with Gasteiger partial charge < -0.3 is 15.0 Å². The number of rotatable bonds is 9. The van der Waals surface area contributed by atoms with Crippen LogP contribution in [0.25, 0.3) is 0 Å². The molecule has 0 aromatic heterocycles. The van der Waals surface area contributed by atoms with E-state index < -0.39 is 0 Å². The summed E-state index contributed by atoms with van der Waals surface area (Å²) in [4.78, 5) is 14.3. The minimum Gasteiger partial charge on any atom is -0.378 e. The van der Waals surface area contributed by atoms with E-state index in [4.69, 9.17) is 16.3 Å². The fraction of sp³-hybridized carbons (Fsp3) is 0.533. The lowest BCUT2D eigenvalue weighted by atomic mass is 10.2. The molecule has 0 heterocycles. The highest BCUT2D eigenvalue weighted by atomic mass is 79.9. The van der Waals surface area contributed by atoms with Crippen molar-refractivity contribution >= 4 is 33.4 Å². The van der Waals surface area contributed by atoms with Gasteiger partial charge in [0, 0.05) is 17.6 Å². The fourth-order valence-corrected chi connectivity index (χ4v) is 2.40. The quantitative estimate of drug-likeness (QED) is 0.672. The molecule has 0 atom stereocenters. The van der Waals surface area contributed by atoms with Gasteiger partial charge in [-0.05, 0) is 31.3 Å². The first-order valence-corrected chi connectivity index (χ1v) is 8.28. The summed E-state index contributed by atoms with van der Waals surface area (Å²) in [6.07, 6.45) is 0. The summed E-state index contributed by atoms with van der Waals surface area (Å²) >= 11 is 9.33. The van der Waals surface area contributed by atoms with Gasteiger partial charge in [0.1, 0.15) is 0 Å². The summed E-state index contributed by atoms with van der Waals surface area (Å²) in [5.74, 6) is -0.186. The Hall–Kier alpha value is -0.620. The van der Waals surface area contributed by atoms with E-state index in [0.29, 0.717) is 30.3 Å². The van der Waals surface area contributed by atoms with Gasteiger partial charge in [0.25, 0.3) is 5.91 Å². The number of hydrogen-bond donors (Lipinski definition) is 1. The molecule has 1 aromatic rings. The first kappa shape index (κ1) is 18.4. The van der Waals surface area contributed by atoms with Crippen LogP contribution < -0.4 is 5.32 Å². The molecule has 0 fully saturated rings. The topological polar surface area (TPSA) is 41.6 Å². The maximum Gasteiger partial charge on any atom is 0.252 e. The summed E-state index contributed by atoms with van der Waals surface area (Å²) < 4.78 is 6.34. The Morgan fingerprint density at radius 2 is 2.05 bits per heavy atom. The molecule has 21 heavy (non-hydrogen) atoms. The molecule has 0 aliphatic carbocycles. The molecule has 1 amide bonds. The minimum absolute atomic E-state index is 0.186. The van der Waals surface area contributed by atoms with Crippen LogP contribution in [0.4, 0.5) is 0 Å². The first-order valence-electron chi connectivity index (χ1n) is 7.11. The number of amides is 1. The van der Waals surface area contributed by atoms with Crippen molar-refractivity contribution in [3.8, 4) is 0 Å². The smallest absolute Gasteiger partial charge is 0.252 e. The highest BCUT2D eigenvalue weighted by Crippen LogP contribution is 2.20. The van der Waals surface area contributed by atoms with E-state index in [2.05, 4.69) is 40.0 Å². The summed E-state index contributed by atoms with van der Waals surface area (Å²) in [6, 6.07) is 5.20. The zero-order chi connectivity index (χ0) is 15.7. The molecule has 4 nitrogen and oxygen atoms in total. The van der Waals surface area contributed by atoms with Gasteiger partial charge in [-0.25, -0.2) is 0 Å². The van der Waals surface area contributed by atoms with Gasteiger partial charge >= 0.3 is 0 Å². The summed E-state index contributed by atoms with van der Waals surface area (Å²) in [5, 5.41) is 3.24. The van der Waals surface area contributed by atoms with E-state index in [-0.39, 0.29) is 5.91 Å². The molecule has 0 bridgehead atoms. The average Bonchev–Trinajstić information content (AvgIpc) is 2.49. The molecule has 0 radical (unpaired) electrons. The molecule has 0 spiro atoms. The Balaban J connectivity index is 2.23. The Morgan fingerprint density at radius 3 is 2.71 bits per heavy atom. The number of ether oxygens (including phenoxy) is 1. The van der Waals surface area contributed by atoms with Gasteiger partial charge in [0.05, 0.1) is 23.8 Å². The number of benzene rings is 1. The Bertz CT molecular complexity index is 453. The molecule has 0 unspecified atom stereocenters. The van der Waals surface area contributed by atoms with E-state index in [0.717, 1.165) is 24.1 Å². The Morgan fingerprint density at radius 1 is 1.33 bits per heavy atom. The lowest BCUT2D eigenvalue weighted by Gasteiger charge is -2.17. The predicted molar refractivity (Wildman–Crippen MR) is 90.1 cm³/mol. The largest absolute Gasteiger partial charge is 0.378 e. The van der Waals surface area contributed by atoms with Crippen LogP contribution in [-0.4, -0.2) is 50.2 Å². The van der Waals surface area contributed by atoms with Crippen molar-refractivity contribution in [3.05, 3.63) is 33.3 Å².